The van der Waals surface area contributed by atoms with Gasteiger partial charge in [-0.25, -0.2) is 9.97 Å². The van der Waals surface area contributed by atoms with E-state index in [0.717, 1.165) is 50.3 Å². The molecule has 1 unspecified atom stereocenters. The van der Waals surface area contributed by atoms with E-state index >= 15 is 0 Å². The molecule has 1 fully saturated rings. The summed E-state index contributed by atoms with van der Waals surface area (Å²) in [6, 6.07) is 0. The molecule has 1 amide bonds. The van der Waals surface area contributed by atoms with Gasteiger partial charge in [-0.3, -0.25) is 9.78 Å². The normalized spacial score (nSPS) is 17.8. The maximum absolute atomic E-state index is 12.5. The highest BCUT2D eigenvalue weighted by Gasteiger charge is 2.21. The van der Waals surface area contributed by atoms with Gasteiger partial charge in [0, 0.05) is 52.5 Å². The summed E-state index contributed by atoms with van der Waals surface area (Å²) in [7, 11) is 3.93. The van der Waals surface area contributed by atoms with Crippen LogP contribution in [0.1, 0.15) is 31.4 Å². The summed E-state index contributed by atoms with van der Waals surface area (Å²) in [5.74, 6) is 1.69. The molecule has 0 spiro atoms. The molecule has 3 heterocycles. The molecule has 26 heavy (non-hydrogen) atoms. The van der Waals surface area contributed by atoms with E-state index in [4.69, 9.17) is 0 Å². The van der Waals surface area contributed by atoms with E-state index in [2.05, 4.69) is 15.0 Å². The Morgan fingerprint density at radius 1 is 1.23 bits per heavy atom. The summed E-state index contributed by atoms with van der Waals surface area (Å²) in [4.78, 5) is 29.5. The lowest BCUT2D eigenvalue weighted by Gasteiger charge is -2.21. The smallest absolute Gasteiger partial charge is 0.224 e. The Morgan fingerprint density at radius 3 is 2.81 bits per heavy atom. The Hall–Kier alpha value is -2.44. The Bertz CT molecular complexity index is 683. The average molecular weight is 356 g/mol. The summed E-state index contributed by atoms with van der Waals surface area (Å²) in [5.41, 5.74) is 1.04. The largest absolute Gasteiger partial charge is 0.361 e. The quantitative estimate of drug-likeness (QED) is 0.792. The summed E-state index contributed by atoms with van der Waals surface area (Å²) in [6.07, 6.45) is 13.8. The van der Waals surface area contributed by atoms with Gasteiger partial charge in [-0.2, -0.15) is 0 Å². The highest BCUT2D eigenvalue weighted by Crippen LogP contribution is 2.22. The second kappa shape index (κ2) is 8.78. The number of nitrogens with zero attached hydrogens (tertiary/aromatic N) is 6. The van der Waals surface area contributed by atoms with Crippen molar-refractivity contribution in [2.45, 2.75) is 38.6 Å². The van der Waals surface area contributed by atoms with Crippen LogP contribution in [0.5, 0.6) is 0 Å². The van der Waals surface area contributed by atoms with Gasteiger partial charge in [0.1, 0.15) is 5.82 Å². The van der Waals surface area contributed by atoms with Crippen molar-refractivity contribution in [1.29, 1.82) is 0 Å². The van der Waals surface area contributed by atoms with Crippen LogP contribution in [-0.4, -0.2) is 57.5 Å². The molecule has 0 saturated carbocycles. The van der Waals surface area contributed by atoms with Gasteiger partial charge in [-0.05, 0) is 31.6 Å². The Kier molecular flexibility index (Phi) is 6.20. The molecule has 140 valence electrons. The lowest BCUT2D eigenvalue weighted by Crippen LogP contribution is -2.32. The van der Waals surface area contributed by atoms with Crippen LogP contribution in [0.3, 0.4) is 0 Å². The molecule has 0 aromatic carbocycles. The van der Waals surface area contributed by atoms with Gasteiger partial charge in [0.25, 0.3) is 0 Å². The number of likely N-dealkylation sites (tertiary alicyclic amines) is 1. The van der Waals surface area contributed by atoms with E-state index in [-0.39, 0.29) is 5.91 Å². The van der Waals surface area contributed by atoms with Gasteiger partial charge in [0.05, 0.1) is 24.4 Å². The maximum atomic E-state index is 12.5. The number of amides is 1. The van der Waals surface area contributed by atoms with E-state index in [9.17, 15) is 4.79 Å². The third-order valence-electron chi connectivity index (χ3n) is 4.99. The molecule has 1 aliphatic rings. The topological polar surface area (TPSA) is 67.2 Å². The number of hydrogen-bond donors (Lipinski definition) is 0. The molecule has 3 rings (SSSR count). The van der Waals surface area contributed by atoms with Gasteiger partial charge in [0.15, 0.2) is 0 Å². The van der Waals surface area contributed by atoms with Crippen LogP contribution >= 0.6 is 0 Å². The van der Waals surface area contributed by atoms with Gasteiger partial charge in [-0.15, -0.1) is 0 Å². The predicted molar refractivity (Wildman–Crippen MR) is 101 cm³/mol. The van der Waals surface area contributed by atoms with E-state index in [0.29, 0.717) is 18.9 Å². The van der Waals surface area contributed by atoms with Crippen LogP contribution in [-0.2, 0) is 17.8 Å². The average Bonchev–Trinajstić information content (AvgIpc) is 3.05. The van der Waals surface area contributed by atoms with Gasteiger partial charge in [-0.1, -0.05) is 0 Å². The molecule has 1 saturated heterocycles. The van der Waals surface area contributed by atoms with Crippen LogP contribution in [0.2, 0.25) is 0 Å². The van der Waals surface area contributed by atoms with E-state index < -0.39 is 0 Å². The molecule has 0 aliphatic carbocycles. The summed E-state index contributed by atoms with van der Waals surface area (Å²) in [5, 5.41) is 0. The molecule has 1 aliphatic heterocycles. The minimum atomic E-state index is 0.245. The van der Waals surface area contributed by atoms with Crippen LogP contribution in [0.15, 0.2) is 31.1 Å². The van der Waals surface area contributed by atoms with E-state index in [1.54, 1.807) is 12.5 Å². The van der Waals surface area contributed by atoms with Crippen molar-refractivity contribution in [3.8, 4) is 0 Å². The Morgan fingerprint density at radius 2 is 2.12 bits per heavy atom. The molecule has 0 radical (unpaired) electrons. The van der Waals surface area contributed by atoms with Crippen molar-refractivity contribution >= 4 is 11.7 Å². The van der Waals surface area contributed by atoms with Crippen molar-refractivity contribution in [2.24, 2.45) is 5.92 Å². The number of anilines is 1. The van der Waals surface area contributed by atoms with Crippen molar-refractivity contribution in [2.75, 3.05) is 32.1 Å². The first kappa shape index (κ1) is 18.4. The second-order valence-corrected chi connectivity index (χ2v) is 7.19. The predicted octanol–water partition coefficient (Wildman–Crippen LogP) is 2.00. The minimum absolute atomic E-state index is 0.245. The zero-order valence-corrected chi connectivity index (χ0v) is 15.7. The number of imidazole rings is 1. The first-order chi connectivity index (χ1) is 12.6. The van der Waals surface area contributed by atoms with Gasteiger partial charge < -0.3 is 14.4 Å². The summed E-state index contributed by atoms with van der Waals surface area (Å²) in [6.45, 7) is 2.41. The molecule has 0 N–H and O–H groups in total. The fraction of sp³-hybridized carbons (Fsp3) is 0.579. The monoisotopic (exact) mass is 356 g/mol. The van der Waals surface area contributed by atoms with Crippen LogP contribution in [0.25, 0.3) is 0 Å². The molecule has 2 aromatic heterocycles. The SMILES string of the molecule is CN(C)c1cnc(CC2CCCN(C(=O)CCn3ccnc3)CC2)cn1. The van der Waals surface area contributed by atoms with Crippen LogP contribution in [0, 0.1) is 5.92 Å². The van der Waals surface area contributed by atoms with E-state index in [1.807, 2.05) is 47.1 Å². The van der Waals surface area contributed by atoms with Crippen LogP contribution in [0.4, 0.5) is 5.82 Å². The number of hydrogen-bond acceptors (Lipinski definition) is 5. The first-order valence-corrected chi connectivity index (χ1v) is 9.33. The maximum Gasteiger partial charge on any atom is 0.224 e. The number of carbonyl (C=O) groups is 1. The minimum Gasteiger partial charge on any atom is -0.361 e. The van der Waals surface area contributed by atoms with Gasteiger partial charge >= 0.3 is 0 Å². The van der Waals surface area contributed by atoms with Crippen molar-refractivity contribution in [3.05, 3.63) is 36.8 Å². The van der Waals surface area contributed by atoms with Crippen molar-refractivity contribution < 1.29 is 4.79 Å². The number of rotatable bonds is 6. The molecule has 7 heteroatoms. The van der Waals surface area contributed by atoms with Crippen LogP contribution < -0.4 is 4.90 Å². The molecule has 1 atom stereocenters. The lowest BCUT2D eigenvalue weighted by molar-refractivity contribution is -0.131. The highest BCUT2D eigenvalue weighted by atomic mass is 16.2. The molecule has 7 nitrogen and oxygen atoms in total. The van der Waals surface area contributed by atoms with Crippen molar-refractivity contribution in [3.63, 3.8) is 0 Å². The number of aromatic nitrogens is 4. The highest BCUT2D eigenvalue weighted by molar-refractivity contribution is 5.76. The molecular weight excluding hydrogens is 328 g/mol. The van der Waals surface area contributed by atoms with Crippen molar-refractivity contribution in [1.82, 2.24) is 24.4 Å². The lowest BCUT2D eigenvalue weighted by atomic mass is 9.95. The Balaban J connectivity index is 1.47. The number of carbonyl (C=O) groups excluding carboxylic acids is 1. The fourth-order valence-corrected chi connectivity index (χ4v) is 3.40. The fourth-order valence-electron chi connectivity index (χ4n) is 3.40. The van der Waals surface area contributed by atoms with Gasteiger partial charge in [0.2, 0.25) is 5.91 Å². The third-order valence-corrected chi connectivity index (χ3v) is 4.99. The van der Waals surface area contributed by atoms with E-state index in [1.165, 1.54) is 0 Å². The summed E-state index contributed by atoms with van der Waals surface area (Å²) >= 11 is 0. The summed E-state index contributed by atoms with van der Waals surface area (Å²) < 4.78 is 1.95. The molecule has 0 bridgehead atoms. The standard InChI is InChI=1S/C19H28N6O/c1-23(2)18-14-21-17(13-22-18)12-16-4-3-8-25(10-5-16)19(26)6-9-24-11-7-20-15-24/h7,11,13-16H,3-6,8-10,12H2,1-2H3. The first-order valence-electron chi connectivity index (χ1n) is 9.33. The molecular formula is C19H28N6O. The number of aryl methyl sites for hydroxylation is 1. The zero-order valence-electron chi connectivity index (χ0n) is 15.7. The third kappa shape index (κ3) is 5.03. The molecule has 2 aromatic rings. The Labute approximate surface area is 155 Å². The second-order valence-electron chi connectivity index (χ2n) is 7.19. The zero-order chi connectivity index (χ0) is 18.4.